The van der Waals surface area contributed by atoms with Crippen LogP contribution < -0.4 is 0 Å². The first-order chi connectivity index (χ1) is 8.68. The maximum Gasteiger partial charge on any atom is 0.274 e. The highest BCUT2D eigenvalue weighted by atomic mass is 35.5. The molecule has 4 nitrogen and oxygen atoms in total. The molecule has 2 rings (SSSR count). The molecule has 0 spiro atoms. The fourth-order valence-corrected chi connectivity index (χ4v) is 2.52. The van der Waals surface area contributed by atoms with E-state index in [-0.39, 0.29) is 5.91 Å². The van der Waals surface area contributed by atoms with Gasteiger partial charge in [0.15, 0.2) is 10.8 Å². The minimum atomic E-state index is -0.0638. The molecule has 0 unspecified atom stereocenters. The van der Waals surface area contributed by atoms with Crippen molar-refractivity contribution in [2.24, 2.45) is 0 Å². The molecular weight excluding hydrogens is 250 g/mol. The summed E-state index contributed by atoms with van der Waals surface area (Å²) in [5, 5.41) is 7.87. The highest BCUT2D eigenvalue weighted by Gasteiger charge is 2.23. The van der Waals surface area contributed by atoms with Crippen molar-refractivity contribution in [1.82, 2.24) is 15.1 Å². The highest BCUT2D eigenvalue weighted by molar-refractivity contribution is 6.29. The highest BCUT2D eigenvalue weighted by Crippen LogP contribution is 2.22. The molecule has 0 bridgehead atoms. The van der Waals surface area contributed by atoms with Crippen molar-refractivity contribution >= 4 is 17.5 Å². The molecule has 0 aliphatic heterocycles. The van der Waals surface area contributed by atoms with Crippen molar-refractivity contribution in [2.75, 3.05) is 7.05 Å². The van der Waals surface area contributed by atoms with Crippen LogP contribution in [-0.2, 0) is 0 Å². The van der Waals surface area contributed by atoms with Crippen molar-refractivity contribution < 1.29 is 4.79 Å². The fraction of sp³-hybridized carbons (Fsp3) is 0.615. The maximum absolute atomic E-state index is 12.2. The molecule has 0 N–H and O–H groups in total. The molecule has 1 heterocycles. The lowest BCUT2D eigenvalue weighted by Gasteiger charge is -2.26. The van der Waals surface area contributed by atoms with Crippen molar-refractivity contribution in [2.45, 2.75) is 44.6 Å². The number of nitrogens with zero attached hydrogens (tertiary/aromatic N) is 3. The van der Waals surface area contributed by atoms with Crippen LogP contribution in [0.15, 0.2) is 12.1 Å². The lowest BCUT2D eigenvalue weighted by atomic mass is 10.1. The van der Waals surface area contributed by atoms with Crippen molar-refractivity contribution in [3.63, 3.8) is 0 Å². The van der Waals surface area contributed by atoms with E-state index in [1.54, 1.807) is 12.1 Å². The van der Waals surface area contributed by atoms with Crippen LogP contribution in [0.2, 0.25) is 5.15 Å². The van der Waals surface area contributed by atoms with Crippen LogP contribution in [-0.4, -0.2) is 34.1 Å². The standard InChI is InChI=1S/C13H18ClN3O/c1-17(10-6-4-2-3-5-7-10)13(18)11-8-9-12(14)16-15-11/h8-10H,2-7H2,1H3. The van der Waals surface area contributed by atoms with Gasteiger partial charge in [-0.3, -0.25) is 4.79 Å². The van der Waals surface area contributed by atoms with E-state index in [0.717, 1.165) is 12.8 Å². The number of halogens is 1. The lowest BCUT2D eigenvalue weighted by molar-refractivity contribution is 0.0710. The van der Waals surface area contributed by atoms with Crippen LogP contribution in [0.25, 0.3) is 0 Å². The van der Waals surface area contributed by atoms with Gasteiger partial charge in [0.2, 0.25) is 0 Å². The Kier molecular flexibility index (Phi) is 4.53. The third kappa shape index (κ3) is 3.19. The Hall–Kier alpha value is -1.16. The van der Waals surface area contributed by atoms with Gasteiger partial charge in [0.05, 0.1) is 0 Å². The van der Waals surface area contributed by atoms with Gasteiger partial charge in [-0.15, -0.1) is 10.2 Å². The first kappa shape index (κ1) is 13.3. The molecule has 1 aliphatic rings. The summed E-state index contributed by atoms with van der Waals surface area (Å²) in [6.45, 7) is 0. The van der Waals surface area contributed by atoms with Crippen LogP contribution in [0.1, 0.15) is 49.0 Å². The largest absolute Gasteiger partial charge is 0.337 e. The van der Waals surface area contributed by atoms with E-state index in [1.807, 2.05) is 11.9 Å². The maximum atomic E-state index is 12.2. The fourth-order valence-electron chi connectivity index (χ4n) is 2.42. The molecular formula is C13H18ClN3O. The molecule has 1 aromatic rings. The first-order valence-electron chi connectivity index (χ1n) is 6.45. The molecule has 1 aliphatic carbocycles. The van der Waals surface area contributed by atoms with Gasteiger partial charge in [0.25, 0.3) is 5.91 Å². The molecule has 1 saturated carbocycles. The second kappa shape index (κ2) is 6.14. The Morgan fingerprint density at radius 2 is 1.89 bits per heavy atom. The Morgan fingerprint density at radius 1 is 1.22 bits per heavy atom. The second-order valence-electron chi connectivity index (χ2n) is 4.80. The van der Waals surface area contributed by atoms with Crippen molar-refractivity contribution in [1.29, 1.82) is 0 Å². The Morgan fingerprint density at radius 3 is 2.44 bits per heavy atom. The number of amides is 1. The first-order valence-corrected chi connectivity index (χ1v) is 6.82. The quantitative estimate of drug-likeness (QED) is 0.774. The van der Waals surface area contributed by atoms with Gasteiger partial charge < -0.3 is 4.90 Å². The minimum absolute atomic E-state index is 0.0638. The van der Waals surface area contributed by atoms with Crippen LogP contribution in [0, 0.1) is 0 Å². The zero-order chi connectivity index (χ0) is 13.0. The molecule has 1 aromatic heterocycles. The van der Waals surface area contributed by atoms with Crippen LogP contribution in [0.3, 0.4) is 0 Å². The number of hydrogen-bond donors (Lipinski definition) is 0. The van der Waals surface area contributed by atoms with E-state index in [9.17, 15) is 4.79 Å². The monoisotopic (exact) mass is 267 g/mol. The van der Waals surface area contributed by atoms with E-state index in [2.05, 4.69) is 10.2 Å². The van der Waals surface area contributed by atoms with E-state index in [4.69, 9.17) is 11.6 Å². The Bertz CT molecular complexity index is 399. The third-order valence-electron chi connectivity index (χ3n) is 3.54. The minimum Gasteiger partial charge on any atom is -0.337 e. The van der Waals surface area contributed by atoms with Crippen LogP contribution in [0.5, 0.6) is 0 Å². The normalized spacial score (nSPS) is 17.2. The molecule has 1 fully saturated rings. The molecule has 98 valence electrons. The zero-order valence-corrected chi connectivity index (χ0v) is 11.4. The SMILES string of the molecule is CN(C(=O)c1ccc(Cl)nn1)C1CCCCCC1. The Balaban J connectivity index is 2.05. The van der Waals surface area contributed by atoms with Gasteiger partial charge in [-0.1, -0.05) is 37.3 Å². The molecule has 0 aromatic carbocycles. The van der Waals surface area contributed by atoms with Gasteiger partial charge in [0, 0.05) is 13.1 Å². The number of rotatable bonds is 2. The summed E-state index contributed by atoms with van der Waals surface area (Å²) in [4.78, 5) is 14.1. The van der Waals surface area contributed by atoms with Crippen LogP contribution >= 0.6 is 11.6 Å². The van der Waals surface area contributed by atoms with Crippen molar-refractivity contribution in [3.8, 4) is 0 Å². The molecule has 18 heavy (non-hydrogen) atoms. The molecule has 0 saturated heterocycles. The number of carbonyl (C=O) groups excluding carboxylic acids is 1. The van der Waals surface area contributed by atoms with Gasteiger partial charge in [0.1, 0.15) is 0 Å². The van der Waals surface area contributed by atoms with Crippen LogP contribution in [0.4, 0.5) is 0 Å². The average Bonchev–Trinajstić information content (AvgIpc) is 2.67. The summed E-state index contributed by atoms with van der Waals surface area (Å²) in [5.41, 5.74) is 0.367. The summed E-state index contributed by atoms with van der Waals surface area (Å²) in [6.07, 6.45) is 7.13. The molecule has 5 heteroatoms. The number of aromatic nitrogens is 2. The van der Waals surface area contributed by atoms with Gasteiger partial charge in [-0.2, -0.15) is 0 Å². The van der Waals surface area contributed by atoms with E-state index in [0.29, 0.717) is 16.9 Å². The summed E-state index contributed by atoms with van der Waals surface area (Å²) >= 11 is 5.67. The third-order valence-corrected chi connectivity index (χ3v) is 3.75. The number of hydrogen-bond acceptors (Lipinski definition) is 3. The zero-order valence-electron chi connectivity index (χ0n) is 10.6. The van der Waals surface area contributed by atoms with Gasteiger partial charge >= 0.3 is 0 Å². The number of carbonyl (C=O) groups is 1. The molecule has 0 radical (unpaired) electrons. The summed E-state index contributed by atoms with van der Waals surface area (Å²) in [5.74, 6) is -0.0638. The predicted octanol–water partition coefficient (Wildman–Crippen LogP) is 2.92. The average molecular weight is 268 g/mol. The smallest absolute Gasteiger partial charge is 0.274 e. The van der Waals surface area contributed by atoms with E-state index in [1.165, 1.54) is 25.7 Å². The van der Waals surface area contributed by atoms with Gasteiger partial charge in [-0.05, 0) is 25.0 Å². The summed E-state index contributed by atoms with van der Waals surface area (Å²) < 4.78 is 0. The van der Waals surface area contributed by atoms with Gasteiger partial charge in [-0.25, -0.2) is 0 Å². The summed E-state index contributed by atoms with van der Waals surface area (Å²) in [7, 11) is 1.86. The lowest BCUT2D eigenvalue weighted by Crippen LogP contribution is -2.37. The Labute approximate surface area is 112 Å². The predicted molar refractivity (Wildman–Crippen MR) is 70.6 cm³/mol. The van der Waals surface area contributed by atoms with Crippen molar-refractivity contribution in [3.05, 3.63) is 23.0 Å². The topological polar surface area (TPSA) is 46.1 Å². The molecule has 1 amide bonds. The summed E-state index contributed by atoms with van der Waals surface area (Å²) in [6, 6.07) is 3.56. The molecule has 0 atom stereocenters. The van der Waals surface area contributed by atoms with E-state index < -0.39 is 0 Å². The second-order valence-corrected chi connectivity index (χ2v) is 5.19. The van der Waals surface area contributed by atoms with E-state index >= 15 is 0 Å².